The fourth-order valence-corrected chi connectivity index (χ4v) is 2.94. The molecule has 0 saturated heterocycles. The molecule has 130 valence electrons. The van der Waals surface area contributed by atoms with Gasteiger partial charge in [-0.25, -0.2) is 4.21 Å². The zero-order valence-corrected chi connectivity index (χ0v) is 13.8. The number of halogens is 3. The van der Waals surface area contributed by atoms with E-state index in [1.807, 2.05) is 0 Å². The molecule has 3 aromatic rings. The Morgan fingerprint density at radius 2 is 1.76 bits per heavy atom. The van der Waals surface area contributed by atoms with Crippen molar-refractivity contribution >= 4 is 11.1 Å². The van der Waals surface area contributed by atoms with Crippen molar-refractivity contribution in [2.45, 2.75) is 18.0 Å². The van der Waals surface area contributed by atoms with E-state index in [1.165, 1.54) is 24.3 Å². The van der Waals surface area contributed by atoms with E-state index in [4.69, 9.17) is 4.55 Å². The lowest BCUT2D eigenvalue weighted by molar-refractivity contribution is -0.140. The zero-order chi connectivity index (χ0) is 18.2. The number of nitrogens with zero attached hydrogens (tertiary/aromatic N) is 1. The van der Waals surface area contributed by atoms with Gasteiger partial charge in [-0.05, 0) is 24.6 Å². The number of aryl methyl sites for hydroxylation is 1. The topological polar surface area (TPSA) is 66.0 Å². The van der Waals surface area contributed by atoms with Crippen LogP contribution < -0.4 is 0 Å². The third kappa shape index (κ3) is 3.49. The van der Waals surface area contributed by atoms with Gasteiger partial charge in [-0.2, -0.15) is 18.3 Å². The minimum atomic E-state index is -4.59. The van der Waals surface area contributed by atoms with Crippen LogP contribution in [0.5, 0.6) is 0 Å². The molecule has 1 unspecified atom stereocenters. The quantitative estimate of drug-likeness (QED) is 0.663. The molecule has 25 heavy (non-hydrogen) atoms. The molecule has 0 spiro atoms. The Morgan fingerprint density at radius 3 is 2.32 bits per heavy atom. The van der Waals surface area contributed by atoms with Crippen LogP contribution in [0, 0.1) is 6.92 Å². The Hall–Kier alpha value is -2.45. The first-order chi connectivity index (χ1) is 11.8. The van der Waals surface area contributed by atoms with Crippen molar-refractivity contribution in [3.63, 3.8) is 0 Å². The second-order valence-electron chi connectivity index (χ2n) is 5.46. The van der Waals surface area contributed by atoms with E-state index >= 15 is 0 Å². The second-order valence-corrected chi connectivity index (χ2v) is 6.43. The van der Waals surface area contributed by atoms with Crippen molar-refractivity contribution in [1.82, 2.24) is 10.2 Å². The van der Waals surface area contributed by atoms with Crippen molar-refractivity contribution in [2.24, 2.45) is 0 Å². The first kappa shape index (κ1) is 17.4. The van der Waals surface area contributed by atoms with Crippen LogP contribution >= 0.6 is 0 Å². The van der Waals surface area contributed by atoms with Gasteiger partial charge in [0.05, 0.1) is 4.90 Å². The van der Waals surface area contributed by atoms with Crippen LogP contribution in [0.15, 0.2) is 53.4 Å². The molecule has 1 heterocycles. The fraction of sp³-hybridized carbons (Fsp3) is 0.118. The SMILES string of the molecule is Cc1cccc(-c2c(-c3ccc(S(=O)O)cc3)n[nH]c2C(F)(F)F)c1. The van der Waals surface area contributed by atoms with Crippen LogP contribution in [-0.4, -0.2) is 19.0 Å². The standard InChI is InChI=1S/C17H13F3N2O2S/c1-10-3-2-4-12(9-10)14-15(21-22-16(14)17(18,19)20)11-5-7-13(8-6-11)25(23)24/h2-9H,1H3,(H,21,22)(H,23,24). The molecule has 0 aliphatic heterocycles. The molecule has 1 aromatic heterocycles. The smallest absolute Gasteiger partial charge is 0.302 e. The lowest BCUT2D eigenvalue weighted by Crippen LogP contribution is -2.07. The number of alkyl halides is 3. The minimum Gasteiger partial charge on any atom is -0.302 e. The summed E-state index contributed by atoms with van der Waals surface area (Å²) in [5, 5.41) is 5.93. The fourth-order valence-electron chi connectivity index (χ4n) is 2.57. The van der Waals surface area contributed by atoms with E-state index in [0.717, 1.165) is 5.56 Å². The third-order valence-electron chi connectivity index (χ3n) is 3.69. The number of H-pyrrole nitrogens is 1. The van der Waals surface area contributed by atoms with Crippen LogP contribution in [-0.2, 0) is 17.3 Å². The zero-order valence-electron chi connectivity index (χ0n) is 13.0. The van der Waals surface area contributed by atoms with E-state index in [1.54, 1.807) is 31.2 Å². The second kappa shape index (κ2) is 6.45. The Morgan fingerprint density at radius 1 is 1.08 bits per heavy atom. The molecule has 1 atom stereocenters. The summed E-state index contributed by atoms with van der Waals surface area (Å²) in [5.41, 5.74) is 0.789. The Labute approximate surface area is 144 Å². The molecular formula is C17H13F3N2O2S. The van der Waals surface area contributed by atoms with Gasteiger partial charge in [0.1, 0.15) is 11.4 Å². The first-order valence-electron chi connectivity index (χ1n) is 7.21. The summed E-state index contributed by atoms with van der Waals surface area (Å²) >= 11 is -2.16. The molecule has 4 nitrogen and oxygen atoms in total. The lowest BCUT2D eigenvalue weighted by Gasteiger charge is -2.10. The average Bonchev–Trinajstić information content (AvgIpc) is 3.00. The van der Waals surface area contributed by atoms with Gasteiger partial charge in [-0.1, -0.05) is 42.0 Å². The van der Waals surface area contributed by atoms with E-state index in [-0.39, 0.29) is 16.2 Å². The Bertz CT molecular complexity index is 934. The molecule has 0 aliphatic carbocycles. The highest BCUT2D eigenvalue weighted by Gasteiger charge is 2.38. The van der Waals surface area contributed by atoms with Gasteiger partial charge >= 0.3 is 6.18 Å². The van der Waals surface area contributed by atoms with E-state index in [0.29, 0.717) is 11.1 Å². The predicted molar refractivity (Wildman–Crippen MR) is 88.2 cm³/mol. The van der Waals surface area contributed by atoms with Crippen molar-refractivity contribution < 1.29 is 21.9 Å². The van der Waals surface area contributed by atoms with Crippen molar-refractivity contribution in [1.29, 1.82) is 0 Å². The third-order valence-corrected chi connectivity index (χ3v) is 4.36. The van der Waals surface area contributed by atoms with Crippen molar-refractivity contribution in [3.8, 4) is 22.4 Å². The maximum Gasteiger partial charge on any atom is 0.433 e. The molecule has 0 saturated carbocycles. The number of hydrogen-bond donors (Lipinski definition) is 2. The monoisotopic (exact) mass is 366 g/mol. The molecular weight excluding hydrogens is 353 g/mol. The number of nitrogens with one attached hydrogen (secondary N) is 1. The van der Waals surface area contributed by atoms with E-state index in [9.17, 15) is 17.4 Å². The van der Waals surface area contributed by atoms with E-state index < -0.39 is 23.0 Å². The van der Waals surface area contributed by atoms with Crippen molar-refractivity contribution in [3.05, 3.63) is 59.8 Å². The van der Waals surface area contributed by atoms with Gasteiger partial charge in [0.15, 0.2) is 11.1 Å². The van der Waals surface area contributed by atoms with E-state index in [2.05, 4.69) is 10.2 Å². The molecule has 8 heteroatoms. The molecule has 0 bridgehead atoms. The number of rotatable bonds is 3. The first-order valence-corrected chi connectivity index (χ1v) is 8.32. The average molecular weight is 366 g/mol. The summed E-state index contributed by atoms with van der Waals surface area (Å²) in [6.45, 7) is 1.79. The summed E-state index contributed by atoms with van der Waals surface area (Å²) in [7, 11) is 0. The van der Waals surface area contributed by atoms with Crippen LogP contribution in [0.1, 0.15) is 11.3 Å². The Kier molecular flexibility index (Phi) is 4.49. The van der Waals surface area contributed by atoms with Crippen molar-refractivity contribution in [2.75, 3.05) is 0 Å². The summed E-state index contributed by atoms with van der Waals surface area (Å²) in [6.07, 6.45) is -4.59. The molecule has 0 radical (unpaired) electrons. The number of aromatic nitrogens is 2. The minimum absolute atomic E-state index is 0.0472. The van der Waals surface area contributed by atoms with Gasteiger partial charge in [0.25, 0.3) is 0 Å². The highest BCUT2D eigenvalue weighted by atomic mass is 32.2. The molecule has 3 rings (SSSR count). The highest BCUT2D eigenvalue weighted by Crippen LogP contribution is 2.41. The van der Waals surface area contributed by atoms with Gasteiger partial charge in [-0.15, -0.1) is 0 Å². The maximum absolute atomic E-state index is 13.4. The molecule has 2 N–H and O–H groups in total. The Balaban J connectivity index is 2.21. The van der Waals surface area contributed by atoms with Gasteiger partial charge in [0, 0.05) is 11.1 Å². The van der Waals surface area contributed by atoms with Crippen LogP contribution in [0.4, 0.5) is 13.2 Å². The van der Waals surface area contributed by atoms with Gasteiger partial charge in [0.2, 0.25) is 0 Å². The highest BCUT2D eigenvalue weighted by molar-refractivity contribution is 7.79. The summed E-state index contributed by atoms with van der Waals surface area (Å²) in [4.78, 5) is 0.160. The molecule has 2 aromatic carbocycles. The summed E-state index contributed by atoms with van der Waals surface area (Å²) < 4.78 is 60.3. The lowest BCUT2D eigenvalue weighted by atomic mass is 9.97. The number of aromatic amines is 1. The van der Waals surface area contributed by atoms with Crippen LogP contribution in [0.3, 0.4) is 0 Å². The normalized spacial score (nSPS) is 13.0. The van der Waals surface area contributed by atoms with Crippen LogP contribution in [0.25, 0.3) is 22.4 Å². The molecule has 0 aliphatic rings. The van der Waals surface area contributed by atoms with Crippen LogP contribution in [0.2, 0.25) is 0 Å². The van der Waals surface area contributed by atoms with Gasteiger partial charge in [-0.3, -0.25) is 5.10 Å². The number of benzene rings is 2. The summed E-state index contributed by atoms with van der Waals surface area (Å²) in [5.74, 6) is 0. The molecule has 0 fully saturated rings. The summed E-state index contributed by atoms with van der Waals surface area (Å²) in [6, 6.07) is 12.4. The van der Waals surface area contributed by atoms with Gasteiger partial charge < -0.3 is 4.55 Å². The maximum atomic E-state index is 13.4. The number of hydrogen-bond acceptors (Lipinski definition) is 2. The predicted octanol–water partition coefficient (Wildman–Crippen LogP) is 4.65. The molecule has 0 amide bonds. The largest absolute Gasteiger partial charge is 0.433 e.